The third kappa shape index (κ3) is 5.56. The van der Waals surface area contributed by atoms with E-state index in [4.69, 9.17) is 4.65 Å². The Balaban J connectivity index is 1.10. The Morgan fingerprint density at radius 1 is 0.400 bits per heavy atom. The van der Waals surface area contributed by atoms with E-state index in [-0.39, 0.29) is 0 Å². The first-order chi connectivity index (χ1) is 19.5. The topological polar surface area (TPSA) is 69.9 Å². The van der Waals surface area contributed by atoms with Gasteiger partial charge in [-0.3, -0.25) is 0 Å². The Hall–Kier alpha value is -4.61. The third-order valence-corrected chi connectivity index (χ3v) is 7.14. The zero-order chi connectivity index (χ0) is 27.5. The Morgan fingerprint density at radius 3 is 1.38 bits per heavy atom. The lowest BCUT2D eigenvalue weighted by Gasteiger charge is -2.12. The van der Waals surface area contributed by atoms with E-state index < -0.39 is 14.2 Å². The molecule has 6 aromatic carbocycles. The standard InChI is InChI=1S/C34H26B2O4/c37-35(38)32-17-11-27(12-18-32)25-5-7-26(8-6-25)28-15-21-34(22-16-28)40-36(39)33-19-13-29(14-20-33)31-10-9-24-3-1-2-4-30(24)23-31/h1-23,37-39H. The molecule has 0 saturated carbocycles. The van der Waals surface area contributed by atoms with Gasteiger partial charge >= 0.3 is 14.2 Å². The molecule has 0 aliphatic carbocycles. The van der Waals surface area contributed by atoms with E-state index in [1.807, 2.05) is 97.1 Å². The molecular weight excluding hydrogens is 494 g/mol. The van der Waals surface area contributed by atoms with Crippen LogP contribution >= 0.6 is 0 Å². The molecule has 6 rings (SSSR count). The zero-order valence-electron chi connectivity index (χ0n) is 21.7. The first-order valence-electron chi connectivity index (χ1n) is 13.1. The second-order valence-electron chi connectivity index (χ2n) is 9.75. The fraction of sp³-hybridized carbons (Fsp3) is 0. The van der Waals surface area contributed by atoms with Crippen LogP contribution in [0.2, 0.25) is 0 Å². The summed E-state index contributed by atoms with van der Waals surface area (Å²) < 4.78 is 5.82. The largest absolute Gasteiger partial charge is 0.560 e. The number of rotatable bonds is 7. The van der Waals surface area contributed by atoms with Crippen LogP contribution in [0, 0.1) is 0 Å². The molecule has 6 aromatic rings. The van der Waals surface area contributed by atoms with Crippen LogP contribution in [0.3, 0.4) is 0 Å². The quantitative estimate of drug-likeness (QED) is 0.251. The molecule has 0 bridgehead atoms. The molecular formula is C34H26B2O4. The van der Waals surface area contributed by atoms with Gasteiger partial charge in [0.05, 0.1) is 0 Å². The summed E-state index contributed by atoms with van der Waals surface area (Å²) in [6.07, 6.45) is 0. The summed E-state index contributed by atoms with van der Waals surface area (Å²) in [5.74, 6) is 0.581. The highest BCUT2D eigenvalue weighted by atomic mass is 16.5. The van der Waals surface area contributed by atoms with Crippen LogP contribution in [-0.2, 0) is 0 Å². The molecule has 0 spiro atoms. The second kappa shape index (κ2) is 11.2. The zero-order valence-corrected chi connectivity index (χ0v) is 21.7. The number of benzene rings is 6. The van der Waals surface area contributed by atoms with Gasteiger partial charge in [0.15, 0.2) is 0 Å². The summed E-state index contributed by atoms with van der Waals surface area (Å²) in [6, 6.07) is 45.5. The highest BCUT2D eigenvalue weighted by molar-refractivity contribution is 6.60. The molecule has 0 amide bonds. The predicted octanol–water partition coefficient (Wildman–Crippen LogP) is 5.29. The maximum atomic E-state index is 10.7. The van der Waals surface area contributed by atoms with Gasteiger partial charge in [-0.15, -0.1) is 0 Å². The van der Waals surface area contributed by atoms with Crippen molar-refractivity contribution in [3.05, 3.63) is 140 Å². The van der Waals surface area contributed by atoms with Gasteiger partial charge in [0.2, 0.25) is 0 Å². The van der Waals surface area contributed by atoms with E-state index in [2.05, 4.69) is 30.3 Å². The van der Waals surface area contributed by atoms with Crippen LogP contribution < -0.4 is 15.6 Å². The van der Waals surface area contributed by atoms with E-state index in [9.17, 15) is 15.1 Å². The Morgan fingerprint density at radius 2 is 0.825 bits per heavy atom. The molecule has 0 fully saturated rings. The minimum absolute atomic E-state index is 0.464. The second-order valence-corrected chi connectivity index (χ2v) is 9.75. The van der Waals surface area contributed by atoms with Crippen molar-refractivity contribution in [3.63, 3.8) is 0 Å². The molecule has 0 radical (unpaired) electrons. The average molecular weight is 520 g/mol. The van der Waals surface area contributed by atoms with Gasteiger partial charge < -0.3 is 19.7 Å². The third-order valence-electron chi connectivity index (χ3n) is 7.14. The molecule has 4 nitrogen and oxygen atoms in total. The van der Waals surface area contributed by atoms with Crippen LogP contribution in [-0.4, -0.2) is 29.3 Å². The Kier molecular flexibility index (Phi) is 7.21. The van der Waals surface area contributed by atoms with Crippen molar-refractivity contribution in [2.24, 2.45) is 0 Å². The van der Waals surface area contributed by atoms with Crippen molar-refractivity contribution in [3.8, 4) is 39.1 Å². The summed E-state index contributed by atoms with van der Waals surface area (Å²) >= 11 is 0. The first kappa shape index (κ1) is 25.7. The lowest BCUT2D eigenvalue weighted by molar-refractivity contribution is 0.425. The van der Waals surface area contributed by atoms with Crippen molar-refractivity contribution in [2.45, 2.75) is 0 Å². The van der Waals surface area contributed by atoms with Gasteiger partial charge in [0, 0.05) is 0 Å². The lowest BCUT2D eigenvalue weighted by atomic mass is 9.79. The molecule has 192 valence electrons. The monoisotopic (exact) mass is 520 g/mol. The summed E-state index contributed by atoms with van der Waals surface area (Å²) in [5.41, 5.74) is 7.49. The van der Waals surface area contributed by atoms with Crippen LogP contribution in [0.5, 0.6) is 5.75 Å². The summed E-state index contributed by atoms with van der Waals surface area (Å²) in [6.45, 7) is 0. The van der Waals surface area contributed by atoms with Gasteiger partial charge in [0.25, 0.3) is 0 Å². The molecule has 0 aromatic heterocycles. The van der Waals surface area contributed by atoms with Crippen LogP contribution in [0.1, 0.15) is 0 Å². The molecule has 0 heterocycles. The number of hydrogen-bond acceptors (Lipinski definition) is 4. The molecule has 6 heteroatoms. The fourth-order valence-electron chi connectivity index (χ4n) is 4.83. The van der Waals surface area contributed by atoms with Gasteiger partial charge in [-0.05, 0) is 73.3 Å². The number of hydrogen-bond donors (Lipinski definition) is 3. The first-order valence-corrected chi connectivity index (χ1v) is 13.1. The fourth-order valence-corrected chi connectivity index (χ4v) is 4.83. The van der Waals surface area contributed by atoms with Crippen LogP contribution in [0.25, 0.3) is 44.2 Å². The summed E-state index contributed by atoms with van der Waals surface area (Å²) in [7, 11) is -2.54. The lowest BCUT2D eigenvalue weighted by Crippen LogP contribution is -2.36. The van der Waals surface area contributed by atoms with Crippen LogP contribution in [0.4, 0.5) is 0 Å². The van der Waals surface area contributed by atoms with Crippen molar-refractivity contribution in [2.75, 3.05) is 0 Å². The molecule has 0 aliphatic heterocycles. The van der Waals surface area contributed by atoms with E-state index >= 15 is 0 Å². The molecule has 0 saturated heterocycles. The molecule has 0 unspecified atom stereocenters. The molecule has 3 N–H and O–H groups in total. The van der Waals surface area contributed by atoms with Gasteiger partial charge in [-0.25, -0.2) is 0 Å². The van der Waals surface area contributed by atoms with E-state index in [1.165, 1.54) is 10.8 Å². The van der Waals surface area contributed by atoms with Crippen LogP contribution in [0.15, 0.2) is 140 Å². The molecule has 40 heavy (non-hydrogen) atoms. The SMILES string of the molecule is OB(O)c1ccc(-c2ccc(-c3ccc(OB(O)c4ccc(-c5ccc6ccccc6c5)cc4)cc3)cc2)cc1. The van der Waals surface area contributed by atoms with Crippen molar-refractivity contribution < 1.29 is 19.7 Å². The van der Waals surface area contributed by atoms with E-state index in [1.54, 1.807) is 12.1 Å². The van der Waals surface area contributed by atoms with E-state index in [0.717, 1.165) is 33.4 Å². The highest BCUT2D eigenvalue weighted by Gasteiger charge is 2.19. The molecule has 0 aliphatic rings. The maximum absolute atomic E-state index is 10.7. The highest BCUT2D eigenvalue weighted by Crippen LogP contribution is 2.27. The Labute approximate surface area is 234 Å². The average Bonchev–Trinajstić information content (AvgIpc) is 3.01. The normalized spacial score (nSPS) is 10.9. The van der Waals surface area contributed by atoms with Crippen molar-refractivity contribution in [1.82, 2.24) is 0 Å². The van der Waals surface area contributed by atoms with Crippen molar-refractivity contribution in [1.29, 1.82) is 0 Å². The Bertz CT molecular complexity index is 1730. The minimum atomic E-state index is -1.47. The minimum Gasteiger partial charge on any atom is -0.532 e. The van der Waals surface area contributed by atoms with Gasteiger partial charge in [0.1, 0.15) is 5.75 Å². The summed E-state index contributed by atoms with van der Waals surface area (Å²) in [4.78, 5) is 0. The maximum Gasteiger partial charge on any atom is 0.560 e. The van der Waals surface area contributed by atoms with Gasteiger partial charge in [-0.2, -0.15) is 0 Å². The predicted molar refractivity (Wildman–Crippen MR) is 165 cm³/mol. The van der Waals surface area contributed by atoms with Gasteiger partial charge in [-0.1, -0.05) is 121 Å². The number of fused-ring (bicyclic) bond motifs is 1. The smallest absolute Gasteiger partial charge is 0.532 e. The molecule has 0 atom stereocenters. The summed E-state index contributed by atoms with van der Waals surface area (Å²) in [5, 5.41) is 31.7. The van der Waals surface area contributed by atoms with Crippen molar-refractivity contribution >= 4 is 35.9 Å². The van der Waals surface area contributed by atoms with E-state index in [0.29, 0.717) is 16.7 Å².